The highest BCUT2D eigenvalue weighted by atomic mass is 16.4. The van der Waals surface area contributed by atoms with E-state index in [1.807, 2.05) is 24.3 Å². The van der Waals surface area contributed by atoms with Gasteiger partial charge in [0.1, 0.15) is 6.54 Å². The van der Waals surface area contributed by atoms with Crippen molar-refractivity contribution in [3.63, 3.8) is 0 Å². The zero-order chi connectivity index (χ0) is 14.1. The fourth-order valence-electron chi connectivity index (χ4n) is 2.84. The second-order valence-corrected chi connectivity index (χ2v) is 5.45. The van der Waals surface area contributed by atoms with Gasteiger partial charge in [-0.3, -0.25) is 9.59 Å². The van der Waals surface area contributed by atoms with Crippen molar-refractivity contribution in [2.24, 2.45) is 0 Å². The molecule has 3 rings (SSSR count). The summed E-state index contributed by atoms with van der Waals surface area (Å²) < 4.78 is 0. The summed E-state index contributed by atoms with van der Waals surface area (Å²) in [7, 11) is 0. The molecule has 1 aliphatic carbocycles. The van der Waals surface area contributed by atoms with Crippen LogP contribution in [0.1, 0.15) is 30.7 Å². The van der Waals surface area contributed by atoms with Crippen molar-refractivity contribution in [2.75, 3.05) is 18.4 Å². The van der Waals surface area contributed by atoms with Gasteiger partial charge in [0, 0.05) is 18.3 Å². The number of carboxylic acid groups (broad SMARTS) is 1. The Kier molecular flexibility index (Phi) is 3.34. The highest BCUT2D eigenvalue weighted by Crippen LogP contribution is 2.36. The Morgan fingerprint density at radius 1 is 1.25 bits per heavy atom. The van der Waals surface area contributed by atoms with Crippen LogP contribution in [0.5, 0.6) is 0 Å². The summed E-state index contributed by atoms with van der Waals surface area (Å²) in [5, 5.41) is 12.3. The lowest BCUT2D eigenvalue weighted by Crippen LogP contribution is -2.41. The van der Waals surface area contributed by atoms with Crippen molar-refractivity contribution >= 4 is 17.6 Å². The van der Waals surface area contributed by atoms with E-state index in [1.54, 1.807) is 4.90 Å². The normalized spacial score (nSPS) is 20.7. The molecule has 1 fully saturated rings. The topological polar surface area (TPSA) is 69.6 Å². The zero-order valence-electron chi connectivity index (χ0n) is 11.2. The molecule has 1 atom stereocenters. The van der Waals surface area contributed by atoms with Gasteiger partial charge >= 0.3 is 5.97 Å². The molecule has 5 heteroatoms. The minimum Gasteiger partial charge on any atom is -0.480 e. The number of aliphatic carboxylic acids is 1. The third-order valence-electron chi connectivity index (χ3n) is 3.96. The van der Waals surface area contributed by atoms with Crippen LogP contribution in [0.2, 0.25) is 0 Å². The molecule has 2 N–H and O–H groups in total. The quantitative estimate of drug-likeness (QED) is 0.876. The van der Waals surface area contributed by atoms with Crippen molar-refractivity contribution in [1.82, 2.24) is 4.90 Å². The smallest absolute Gasteiger partial charge is 0.323 e. The third-order valence-corrected chi connectivity index (χ3v) is 3.96. The van der Waals surface area contributed by atoms with Crippen LogP contribution in [0, 0.1) is 0 Å². The lowest BCUT2D eigenvalue weighted by atomic mass is 9.89. The van der Waals surface area contributed by atoms with Crippen LogP contribution in [-0.4, -0.2) is 41.0 Å². The number of amides is 1. The maximum Gasteiger partial charge on any atom is 0.323 e. The van der Waals surface area contributed by atoms with Gasteiger partial charge in [-0.25, -0.2) is 0 Å². The minimum absolute atomic E-state index is 0.0381. The van der Waals surface area contributed by atoms with E-state index in [0.29, 0.717) is 0 Å². The average Bonchev–Trinajstić information content (AvgIpc) is 3.28. The second kappa shape index (κ2) is 5.15. The number of nitrogens with zero attached hydrogens (tertiary/aromatic N) is 1. The molecule has 106 valence electrons. The van der Waals surface area contributed by atoms with Gasteiger partial charge in [0.05, 0.1) is 5.92 Å². The molecule has 1 saturated carbocycles. The third kappa shape index (κ3) is 2.48. The summed E-state index contributed by atoms with van der Waals surface area (Å²) in [5.74, 6) is -1.19. The van der Waals surface area contributed by atoms with Gasteiger partial charge in [0.2, 0.25) is 5.91 Å². The van der Waals surface area contributed by atoms with Crippen molar-refractivity contribution < 1.29 is 14.7 Å². The lowest BCUT2D eigenvalue weighted by molar-refractivity contribution is -0.145. The van der Waals surface area contributed by atoms with Gasteiger partial charge in [-0.05, 0) is 30.9 Å². The molecule has 5 nitrogen and oxygen atoms in total. The van der Waals surface area contributed by atoms with Crippen molar-refractivity contribution in [3.8, 4) is 0 Å². The first-order chi connectivity index (χ1) is 9.66. The number of hydrogen-bond donors (Lipinski definition) is 2. The van der Waals surface area contributed by atoms with Crippen LogP contribution in [0.25, 0.3) is 0 Å². The first-order valence-electron chi connectivity index (χ1n) is 7.02. The Bertz CT molecular complexity index is 540. The van der Waals surface area contributed by atoms with Crippen LogP contribution >= 0.6 is 0 Å². The standard InChI is InChI=1S/C15H18N2O3/c18-14(19)9-17(10-5-6-10)15(20)12-7-8-16-13-4-2-1-3-11(12)13/h1-4,10,12,16H,5-9H2,(H,18,19). The zero-order valence-corrected chi connectivity index (χ0v) is 11.2. The molecule has 1 heterocycles. The van der Waals surface area contributed by atoms with Crippen molar-refractivity contribution in [1.29, 1.82) is 0 Å². The number of carboxylic acids is 1. The largest absolute Gasteiger partial charge is 0.480 e. The van der Waals surface area contributed by atoms with Gasteiger partial charge in [-0.15, -0.1) is 0 Å². The number of nitrogens with one attached hydrogen (secondary N) is 1. The number of hydrogen-bond acceptors (Lipinski definition) is 3. The second-order valence-electron chi connectivity index (χ2n) is 5.45. The van der Waals surface area contributed by atoms with Gasteiger partial charge < -0.3 is 15.3 Å². The van der Waals surface area contributed by atoms with Gasteiger partial charge in [0.25, 0.3) is 0 Å². The number of carbonyl (C=O) groups excluding carboxylic acids is 1. The monoisotopic (exact) mass is 274 g/mol. The highest BCUT2D eigenvalue weighted by molar-refractivity contribution is 5.89. The van der Waals surface area contributed by atoms with Crippen LogP contribution in [0.15, 0.2) is 24.3 Å². The maximum atomic E-state index is 12.7. The van der Waals surface area contributed by atoms with Gasteiger partial charge in [-0.1, -0.05) is 18.2 Å². The fraction of sp³-hybridized carbons (Fsp3) is 0.467. The van der Waals surface area contributed by atoms with Crippen molar-refractivity contribution in [3.05, 3.63) is 29.8 Å². The van der Waals surface area contributed by atoms with Crippen molar-refractivity contribution in [2.45, 2.75) is 31.2 Å². The molecule has 1 aromatic carbocycles. The Morgan fingerprint density at radius 2 is 2.00 bits per heavy atom. The highest BCUT2D eigenvalue weighted by Gasteiger charge is 2.38. The van der Waals surface area contributed by atoms with Crippen LogP contribution in [-0.2, 0) is 9.59 Å². The summed E-state index contributed by atoms with van der Waals surface area (Å²) in [6, 6.07) is 7.91. The number of benzene rings is 1. The van der Waals surface area contributed by atoms with Crippen LogP contribution in [0.3, 0.4) is 0 Å². The molecule has 0 bridgehead atoms. The molecule has 1 unspecified atom stereocenters. The van der Waals surface area contributed by atoms with Gasteiger partial charge in [-0.2, -0.15) is 0 Å². The van der Waals surface area contributed by atoms with E-state index in [2.05, 4.69) is 5.32 Å². The summed E-state index contributed by atoms with van der Waals surface area (Å²) >= 11 is 0. The first-order valence-corrected chi connectivity index (χ1v) is 7.02. The number of rotatable bonds is 4. The molecule has 0 radical (unpaired) electrons. The Balaban J connectivity index is 1.84. The predicted molar refractivity (Wildman–Crippen MR) is 74.7 cm³/mol. The molecule has 0 aromatic heterocycles. The molecular formula is C15H18N2O3. The maximum absolute atomic E-state index is 12.7. The number of anilines is 1. The van der Waals surface area contributed by atoms with E-state index in [0.717, 1.165) is 37.1 Å². The molecule has 0 saturated heterocycles. The van der Waals surface area contributed by atoms with Crippen LogP contribution < -0.4 is 5.32 Å². The van der Waals surface area contributed by atoms with Gasteiger partial charge in [0.15, 0.2) is 0 Å². The first kappa shape index (κ1) is 13.0. The molecule has 0 spiro atoms. The molecule has 20 heavy (non-hydrogen) atoms. The average molecular weight is 274 g/mol. The van der Waals surface area contributed by atoms with E-state index in [-0.39, 0.29) is 24.4 Å². The van der Waals surface area contributed by atoms with E-state index in [4.69, 9.17) is 5.11 Å². The van der Waals surface area contributed by atoms with E-state index in [9.17, 15) is 9.59 Å². The SMILES string of the molecule is O=C(O)CN(C(=O)C1CCNc2ccccc21)C1CC1. The molecule has 1 aliphatic heterocycles. The van der Waals surface area contributed by atoms with Crippen LogP contribution in [0.4, 0.5) is 5.69 Å². The fourth-order valence-corrected chi connectivity index (χ4v) is 2.84. The minimum atomic E-state index is -0.938. The molecule has 1 amide bonds. The Labute approximate surface area is 117 Å². The number of fused-ring (bicyclic) bond motifs is 1. The predicted octanol–water partition coefficient (Wildman–Crippen LogP) is 1.66. The number of para-hydroxylation sites is 1. The summed E-state index contributed by atoms with van der Waals surface area (Å²) in [4.78, 5) is 25.2. The van der Waals surface area contributed by atoms with E-state index in [1.165, 1.54) is 0 Å². The van der Waals surface area contributed by atoms with E-state index < -0.39 is 5.97 Å². The summed E-state index contributed by atoms with van der Waals surface area (Å²) in [6.45, 7) is 0.564. The molecular weight excluding hydrogens is 256 g/mol. The number of carbonyl (C=O) groups is 2. The molecule has 1 aromatic rings. The Morgan fingerprint density at radius 3 is 2.70 bits per heavy atom. The molecule has 2 aliphatic rings. The lowest BCUT2D eigenvalue weighted by Gasteiger charge is -2.30. The summed E-state index contributed by atoms with van der Waals surface area (Å²) in [5.41, 5.74) is 1.97. The van der Waals surface area contributed by atoms with E-state index >= 15 is 0 Å². The Hall–Kier alpha value is -2.04. The summed E-state index contributed by atoms with van der Waals surface area (Å²) in [6.07, 6.45) is 2.57.